The number of benzene rings is 1. The van der Waals surface area contributed by atoms with Crippen molar-refractivity contribution in [1.29, 1.82) is 0 Å². The summed E-state index contributed by atoms with van der Waals surface area (Å²) in [6.07, 6.45) is 0. The van der Waals surface area contributed by atoms with E-state index in [1.54, 1.807) is 37.3 Å². The molecule has 0 atom stereocenters. The van der Waals surface area contributed by atoms with Gasteiger partial charge in [-0.2, -0.15) is 0 Å². The van der Waals surface area contributed by atoms with E-state index >= 15 is 0 Å². The third-order valence-electron chi connectivity index (χ3n) is 3.18. The van der Waals surface area contributed by atoms with Gasteiger partial charge in [-0.3, -0.25) is 4.79 Å². The van der Waals surface area contributed by atoms with E-state index in [9.17, 15) is 4.79 Å². The molecular weight excluding hydrogens is 272 g/mol. The van der Waals surface area contributed by atoms with Crippen LogP contribution in [0.25, 0.3) is 0 Å². The van der Waals surface area contributed by atoms with Crippen molar-refractivity contribution in [2.75, 3.05) is 27.2 Å². The van der Waals surface area contributed by atoms with Crippen molar-refractivity contribution in [3.8, 4) is 5.75 Å². The molecule has 7 heteroatoms. The Morgan fingerprint density at radius 3 is 2.81 bits per heavy atom. The Balaban J connectivity index is 2.75. The maximum Gasteiger partial charge on any atom is 0.236 e. The smallest absolute Gasteiger partial charge is 0.236 e. The van der Waals surface area contributed by atoms with Crippen LogP contribution in [0.3, 0.4) is 0 Å². The van der Waals surface area contributed by atoms with Crippen molar-refractivity contribution in [1.82, 2.24) is 10.2 Å². The highest BCUT2D eigenvalue weighted by molar-refractivity contribution is 5.97. The van der Waals surface area contributed by atoms with Crippen LogP contribution < -0.4 is 15.8 Å². The molecule has 1 amide bonds. The first-order valence-corrected chi connectivity index (χ1v) is 6.63. The number of oxime groups is 1. The van der Waals surface area contributed by atoms with E-state index in [1.165, 1.54) is 0 Å². The predicted molar refractivity (Wildman–Crippen MR) is 80.5 cm³/mol. The molecule has 0 aliphatic heterocycles. The molecule has 0 aromatic heterocycles. The van der Waals surface area contributed by atoms with Crippen LogP contribution in [0.4, 0.5) is 0 Å². The largest absolute Gasteiger partial charge is 0.496 e. The maximum absolute atomic E-state index is 11.7. The number of ether oxygens (including phenoxy) is 1. The van der Waals surface area contributed by atoms with E-state index in [0.717, 1.165) is 5.56 Å². The highest BCUT2D eigenvalue weighted by Crippen LogP contribution is 2.19. The number of nitrogens with zero attached hydrogens (tertiary/aromatic N) is 2. The van der Waals surface area contributed by atoms with Gasteiger partial charge in [0.2, 0.25) is 5.91 Å². The van der Waals surface area contributed by atoms with Crippen LogP contribution >= 0.6 is 0 Å². The van der Waals surface area contributed by atoms with Crippen molar-refractivity contribution < 1.29 is 14.7 Å². The minimum absolute atomic E-state index is 0.0176. The molecule has 21 heavy (non-hydrogen) atoms. The number of carbonyl (C=O) groups excluding carboxylic acids is 1. The zero-order valence-electron chi connectivity index (χ0n) is 12.6. The average Bonchev–Trinajstić information content (AvgIpc) is 2.52. The van der Waals surface area contributed by atoms with Crippen LogP contribution in [0.1, 0.15) is 18.1 Å². The Morgan fingerprint density at radius 2 is 2.24 bits per heavy atom. The van der Waals surface area contributed by atoms with E-state index in [1.807, 2.05) is 6.92 Å². The Bertz CT molecular complexity index is 517. The first-order chi connectivity index (χ1) is 10.0. The Kier molecular flexibility index (Phi) is 6.48. The zero-order valence-corrected chi connectivity index (χ0v) is 12.6. The van der Waals surface area contributed by atoms with Crippen molar-refractivity contribution in [3.63, 3.8) is 0 Å². The highest BCUT2D eigenvalue weighted by Gasteiger charge is 2.09. The molecule has 1 rings (SSSR count). The molecule has 0 aliphatic carbocycles. The quantitative estimate of drug-likeness (QED) is 0.292. The molecule has 0 radical (unpaired) electrons. The summed E-state index contributed by atoms with van der Waals surface area (Å²) in [5.74, 6) is 0.720. The molecule has 4 N–H and O–H groups in total. The summed E-state index contributed by atoms with van der Waals surface area (Å²) >= 11 is 0. The van der Waals surface area contributed by atoms with E-state index in [0.29, 0.717) is 24.4 Å². The third kappa shape index (κ3) is 4.64. The summed E-state index contributed by atoms with van der Waals surface area (Å²) in [6, 6.07) is 5.20. The molecular formula is C14H22N4O3. The number of amidine groups is 1. The predicted octanol–water partition coefficient (Wildman–Crippen LogP) is 0.358. The van der Waals surface area contributed by atoms with Crippen LogP contribution in [-0.4, -0.2) is 49.1 Å². The lowest BCUT2D eigenvalue weighted by Crippen LogP contribution is -2.35. The molecule has 0 saturated carbocycles. The van der Waals surface area contributed by atoms with Crippen LogP contribution in [0.5, 0.6) is 5.75 Å². The number of methoxy groups -OCH3 is 1. The minimum atomic E-state index is 0.0176. The SMILES string of the molecule is CCN(C)C(=O)CNCc1cc(/C(N)=N/O)ccc1OC. The van der Waals surface area contributed by atoms with E-state index < -0.39 is 0 Å². The molecule has 7 nitrogen and oxygen atoms in total. The summed E-state index contributed by atoms with van der Waals surface area (Å²) in [4.78, 5) is 13.3. The monoisotopic (exact) mass is 294 g/mol. The van der Waals surface area contributed by atoms with Crippen molar-refractivity contribution in [2.24, 2.45) is 10.9 Å². The van der Waals surface area contributed by atoms with Crippen molar-refractivity contribution >= 4 is 11.7 Å². The van der Waals surface area contributed by atoms with Gasteiger partial charge in [-0.15, -0.1) is 0 Å². The van der Waals surface area contributed by atoms with Gasteiger partial charge < -0.3 is 25.9 Å². The van der Waals surface area contributed by atoms with Crippen molar-refractivity contribution in [2.45, 2.75) is 13.5 Å². The van der Waals surface area contributed by atoms with Crippen molar-refractivity contribution in [3.05, 3.63) is 29.3 Å². The number of rotatable bonds is 7. The van der Waals surface area contributed by atoms with Gasteiger partial charge in [-0.05, 0) is 25.1 Å². The fourth-order valence-corrected chi connectivity index (χ4v) is 1.75. The molecule has 0 fully saturated rings. The van der Waals surface area contributed by atoms with Gasteiger partial charge in [-0.25, -0.2) is 0 Å². The number of nitrogens with one attached hydrogen (secondary N) is 1. The summed E-state index contributed by atoms with van der Waals surface area (Å²) in [7, 11) is 3.32. The summed E-state index contributed by atoms with van der Waals surface area (Å²) < 4.78 is 5.26. The summed E-state index contributed by atoms with van der Waals surface area (Å²) in [5, 5.41) is 14.7. The maximum atomic E-state index is 11.7. The first kappa shape index (κ1) is 16.8. The van der Waals surface area contributed by atoms with Gasteiger partial charge in [0.1, 0.15) is 5.75 Å². The Morgan fingerprint density at radius 1 is 1.52 bits per heavy atom. The van der Waals surface area contributed by atoms with Crippen LogP contribution in [-0.2, 0) is 11.3 Å². The molecule has 0 bridgehead atoms. The second-order valence-electron chi connectivity index (χ2n) is 4.52. The number of amides is 1. The summed E-state index contributed by atoms with van der Waals surface area (Å²) in [5.41, 5.74) is 6.98. The number of carbonyl (C=O) groups is 1. The van der Waals surface area contributed by atoms with Crippen LogP contribution in [0, 0.1) is 0 Å². The van der Waals surface area contributed by atoms with Gasteiger partial charge in [0.25, 0.3) is 0 Å². The van der Waals surface area contributed by atoms with Gasteiger partial charge in [0.15, 0.2) is 5.84 Å². The summed E-state index contributed by atoms with van der Waals surface area (Å²) in [6.45, 7) is 3.27. The topological polar surface area (TPSA) is 100 Å². The number of nitrogens with two attached hydrogens (primary N) is 1. The fourth-order valence-electron chi connectivity index (χ4n) is 1.75. The second-order valence-corrected chi connectivity index (χ2v) is 4.52. The highest BCUT2D eigenvalue weighted by atomic mass is 16.5. The van der Waals surface area contributed by atoms with Gasteiger partial charge >= 0.3 is 0 Å². The molecule has 1 aromatic rings. The number of likely N-dealkylation sites (N-methyl/N-ethyl adjacent to an activating group) is 1. The van der Waals surface area contributed by atoms with E-state index in [4.69, 9.17) is 15.7 Å². The van der Waals surface area contributed by atoms with Gasteiger partial charge in [0, 0.05) is 31.3 Å². The average molecular weight is 294 g/mol. The normalized spacial score (nSPS) is 11.3. The lowest BCUT2D eigenvalue weighted by atomic mass is 10.1. The van der Waals surface area contributed by atoms with E-state index in [2.05, 4.69) is 10.5 Å². The van der Waals surface area contributed by atoms with Crippen LogP contribution in [0.2, 0.25) is 0 Å². The Hall–Kier alpha value is -2.28. The lowest BCUT2D eigenvalue weighted by Gasteiger charge is -2.15. The third-order valence-corrected chi connectivity index (χ3v) is 3.18. The molecule has 0 unspecified atom stereocenters. The number of hydrogen-bond donors (Lipinski definition) is 3. The molecule has 0 aliphatic rings. The van der Waals surface area contributed by atoms with Gasteiger partial charge in [-0.1, -0.05) is 5.16 Å². The van der Waals surface area contributed by atoms with Crippen LogP contribution in [0.15, 0.2) is 23.4 Å². The van der Waals surface area contributed by atoms with Gasteiger partial charge in [0.05, 0.1) is 13.7 Å². The standard InChI is InChI=1S/C14H22N4O3/c1-4-18(2)13(19)9-16-8-11-7-10(14(15)17-20)5-6-12(11)21-3/h5-7,16,20H,4,8-9H2,1-3H3,(H2,15,17). The minimum Gasteiger partial charge on any atom is -0.496 e. The molecule has 116 valence electrons. The lowest BCUT2D eigenvalue weighted by molar-refractivity contribution is -0.128. The second kappa shape index (κ2) is 8.11. The molecule has 0 spiro atoms. The molecule has 0 heterocycles. The number of hydrogen-bond acceptors (Lipinski definition) is 5. The molecule has 0 saturated heterocycles. The zero-order chi connectivity index (χ0) is 15.8. The Labute approximate surface area is 124 Å². The fraction of sp³-hybridized carbons (Fsp3) is 0.429. The first-order valence-electron chi connectivity index (χ1n) is 6.63. The van der Waals surface area contributed by atoms with E-state index in [-0.39, 0.29) is 18.3 Å². The molecule has 1 aromatic carbocycles.